The Morgan fingerprint density at radius 3 is 2.18 bits per heavy atom. The van der Waals surface area contributed by atoms with Crippen LogP contribution in [-0.4, -0.2) is 67.8 Å². The molecule has 7 nitrogen and oxygen atoms in total. The predicted octanol–water partition coefficient (Wildman–Crippen LogP) is 1.92. The fourth-order valence-electron chi connectivity index (χ4n) is 3.53. The van der Waals surface area contributed by atoms with Crippen molar-refractivity contribution in [3.8, 4) is 0 Å². The van der Waals surface area contributed by atoms with E-state index in [0.29, 0.717) is 16.8 Å². The number of carbonyl (C=O) groups excluding carboxylic acids is 3. The molecule has 2 heterocycles. The number of hydrogen-bond acceptors (Lipinski definition) is 5. The lowest BCUT2D eigenvalue weighted by atomic mass is 10.1. The number of carbonyl (C=O) groups is 3. The number of amides is 3. The minimum absolute atomic E-state index is 0.269. The first kappa shape index (κ1) is 18.2. The molecule has 0 aliphatic carbocycles. The second kappa shape index (κ2) is 7.09. The van der Waals surface area contributed by atoms with Gasteiger partial charge in [0.05, 0.1) is 11.1 Å². The smallest absolute Gasteiger partial charge is 0.261 e. The van der Waals surface area contributed by atoms with E-state index in [-0.39, 0.29) is 23.3 Å². The highest BCUT2D eigenvalue weighted by atomic mass is 16.2. The Bertz CT molecular complexity index is 947. The molecule has 0 unspecified atom stereocenters. The van der Waals surface area contributed by atoms with Gasteiger partial charge < -0.3 is 15.1 Å². The predicted molar refractivity (Wildman–Crippen MR) is 107 cm³/mol. The van der Waals surface area contributed by atoms with Crippen LogP contribution >= 0.6 is 0 Å². The Morgan fingerprint density at radius 2 is 1.50 bits per heavy atom. The third-order valence-electron chi connectivity index (χ3n) is 5.35. The molecule has 3 amide bonds. The topological polar surface area (TPSA) is 73.0 Å². The van der Waals surface area contributed by atoms with E-state index in [0.717, 1.165) is 36.8 Å². The first-order valence-electron chi connectivity index (χ1n) is 9.25. The summed E-state index contributed by atoms with van der Waals surface area (Å²) >= 11 is 0. The fraction of sp³-hybridized carbons (Fsp3) is 0.286. The lowest BCUT2D eigenvalue weighted by molar-refractivity contribution is 0.0693. The van der Waals surface area contributed by atoms with E-state index in [2.05, 4.69) is 22.2 Å². The number of rotatable bonds is 3. The van der Waals surface area contributed by atoms with Crippen LogP contribution in [0.2, 0.25) is 0 Å². The van der Waals surface area contributed by atoms with Gasteiger partial charge in [-0.2, -0.15) is 0 Å². The Hall–Kier alpha value is -3.19. The third kappa shape index (κ3) is 3.25. The van der Waals surface area contributed by atoms with Crippen LogP contribution in [-0.2, 0) is 0 Å². The SMILES string of the molecule is CN1CCN(c2ccc(NC(=O)c3ccc4c(c3)C(=O)N(C)C4=O)cc2)CC1. The molecule has 0 spiro atoms. The van der Waals surface area contributed by atoms with Gasteiger partial charge in [0.15, 0.2) is 0 Å². The number of piperazine rings is 1. The maximum atomic E-state index is 12.6. The zero-order valence-electron chi connectivity index (χ0n) is 15.9. The van der Waals surface area contributed by atoms with Gasteiger partial charge in [-0.25, -0.2) is 0 Å². The van der Waals surface area contributed by atoms with Crippen LogP contribution in [0.1, 0.15) is 31.1 Å². The first-order valence-corrected chi connectivity index (χ1v) is 9.25. The van der Waals surface area contributed by atoms with Crippen LogP contribution in [0.25, 0.3) is 0 Å². The van der Waals surface area contributed by atoms with Crippen LogP contribution in [0.4, 0.5) is 11.4 Å². The maximum absolute atomic E-state index is 12.6. The van der Waals surface area contributed by atoms with E-state index in [9.17, 15) is 14.4 Å². The largest absolute Gasteiger partial charge is 0.369 e. The molecule has 1 N–H and O–H groups in total. The minimum Gasteiger partial charge on any atom is -0.369 e. The summed E-state index contributed by atoms with van der Waals surface area (Å²) in [5, 5.41) is 2.85. The highest BCUT2D eigenvalue weighted by Gasteiger charge is 2.33. The van der Waals surface area contributed by atoms with Crippen LogP contribution in [0.5, 0.6) is 0 Å². The van der Waals surface area contributed by atoms with Gasteiger partial charge in [0, 0.05) is 50.2 Å². The number of nitrogens with one attached hydrogen (secondary N) is 1. The second-order valence-electron chi connectivity index (χ2n) is 7.22. The summed E-state index contributed by atoms with van der Waals surface area (Å²) in [5.74, 6) is -1.04. The molecule has 2 aromatic rings. The van der Waals surface area contributed by atoms with Gasteiger partial charge in [-0.15, -0.1) is 0 Å². The molecular formula is C21H22N4O3. The second-order valence-corrected chi connectivity index (χ2v) is 7.22. The number of anilines is 2. The number of likely N-dealkylation sites (N-methyl/N-ethyl adjacent to an activating group) is 1. The first-order chi connectivity index (χ1) is 13.4. The molecule has 2 aliphatic rings. The molecule has 0 atom stereocenters. The summed E-state index contributed by atoms with van der Waals surface area (Å²) in [6.45, 7) is 4.04. The van der Waals surface area contributed by atoms with Gasteiger partial charge in [-0.1, -0.05) is 0 Å². The summed E-state index contributed by atoms with van der Waals surface area (Å²) in [6.07, 6.45) is 0. The number of hydrogen-bond donors (Lipinski definition) is 1. The van der Waals surface area contributed by atoms with Gasteiger partial charge >= 0.3 is 0 Å². The van der Waals surface area contributed by atoms with E-state index >= 15 is 0 Å². The van der Waals surface area contributed by atoms with Crippen molar-refractivity contribution in [2.45, 2.75) is 0 Å². The summed E-state index contributed by atoms with van der Waals surface area (Å²) in [7, 11) is 3.56. The highest BCUT2D eigenvalue weighted by Crippen LogP contribution is 2.24. The Kier molecular flexibility index (Phi) is 4.60. The minimum atomic E-state index is -0.383. The van der Waals surface area contributed by atoms with E-state index in [1.165, 1.54) is 19.2 Å². The average Bonchev–Trinajstić information content (AvgIpc) is 2.93. The van der Waals surface area contributed by atoms with Crippen LogP contribution < -0.4 is 10.2 Å². The number of nitrogens with zero attached hydrogens (tertiary/aromatic N) is 3. The van der Waals surface area contributed by atoms with Crippen LogP contribution in [0.15, 0.2) is 42.5 Å². The molecule has 144 valence electrons. The molecule has 0 bridgehead atoms. The van der Waals surface area contributed by atoms with Gasteiger partial charge in [0.2, 0.25) is 0 Å². The lowest BCUT2D eigenvalue weighted by Crippen LogP contribution is -2.44. The molecule has 0 radical (unpaired) electrons. The van der Waals surface area contributed by atoms with E-state index in [4.69, 9.17) is 0 Å². The summed E-state index contributed by atoms with van der Waals surface area (Å²) < 4.78 is 0. The van der Waals surface area contributed by atoms with Crippen molar-refractivity contribution in [3.63, 3.8) is 0 Å². The van der Waals surface area contributed by atoms with Crippen molar-refractivity contribution in [3.05, 3.63) is 59.2 Å². The molecule has 0 aromatic heterocycles. The molecule has 28 heavy (non-hydrogen) atoms. The Morgan fingerprint density at radius 1 is 0.857 bits per heavy atom. The monoisotopic (exact) mass is 378 g/mol. The molecule has 4 rings (SSSR count). The van der Waals surface area contributed by atoms with Crippen molar-refractivity contribution >= 4 is 29.1 Å². The molecule has 2 aromatic carbocycles. The molecule has 1 fully saturated rings. The molecule has 7 heteroatoms. The van der Waals surface area contributed by atoms with Crippen molar-refractivity contribution in [1.29, 1.82) is 0 Å². The molecule has 1 saturated heterocycles. The van der Waals surface area contributed by atoms with E-state index in [1.54, 1.807) is 6.07 Å². The van der Waals surface area contributed by atoms with Crippen molar-refractivity contribution in [2.24, 2.45) is 0 Å². The summed E-state index contributed by atoms with van der Waals surface area (Å²) in [5.41, 5.74) is 2.77. The number of benzene rings is 2. The van der Waals surface area contributed by atoms with Crippen molar-refractivity contribution < 1.29 is 14.4 Å². The standard InChI is InChI=1S/C21H22N4O3/c1-23-9-11-25(12-10-23)16-6-4-15(5-7-16)22-19(26)14-3-8-17-18(13-14)21(28)24(2)20(17)27/h3-8,13H,9-12H2,1-2H3,(H,22,26). The number of imide groups is 1. The van der Waals surface area contributed by atoms with Gasteiger partial charge in [-0.05, 0) is 49.5 Å². The van der Waals surface area contributed by atoms with Crippen LogP contribution in [0, 0.1) is 0 Å². The quantitative estimate of drug-likeness (QED) is 0.826. The molecule has 0 saturated carbocycles. The van der Waals surface area contributed by atoms with E-state index < -0.39 is 0 Å². The number of fused-ring (bicyclic) bond motifs is 1. The van der Waals surface area contributed by atoms with Gasteiger partial charge in [0.25, 0.3) is 17.7 Å². The molecule has 2 aliphatic heterocycles. The van der Waals surface area contributed by atoms with Gasteiger partial charge in [-0.3, -0.25) is 19.3 Å². The zero-order chi connectivity index (χ0) is 19.8. The average molecular weight is 378 g/mol. The van der Waals surface area contributed by atoms with Crippen LogP contribution in [0.3, 0.4) is 0 Å². The van der Waals surface area contributed by atoms with E-state index in [1.807, 2.05) is 24.3 Å². The van der Waals surface area contributed by atoms with Crippen molar-refractivity contribution in [2.75, 3.05) is 50.5 Å². The zero-order valence-corrected chi connectivity index (χ0v) is 15.9. The Labute approximate surface area is 163 Å². The normalized spacial score (nSPS) is 17.1. The third-order valence-corrected chi connectivity index (χ3v) is 5.35. The molecular weight excluding hydrogens is 356 g/mol. The maximum Gasteiger partial charge on any atom is 0.261 e. The fourth-order valence-corrected chi connectivity index (χ4v) is 3.53. The highest BCUT2D eigenvalue weighted by molar-refractivity contribution is 6.22. The Balaban J connectivity index is 1.46. The summed E-state index contributed by atoms with van der Waals surface area (Å²) in [4.78, 5) is 42.3. The summed E-state index contributed by atoms with van der Waals surface area (Å²) in [6, 6.07) is 12.3. The van der Waals surface area contributed by atoms with Gasteiger partial charge in [0.1, 0.15) is 0 Å². The lowest BCUT2D eigenvalue weighted by Gasteiger charge is -2.34. The van der Waals surface area contributed by atoms with Crippen molar-refractivity contribution in [1.82, 2.24) is 9.80 Å².